The first kappa shape index (κ1) is 5.75. The summed E-state index contributed by atoms with van der Waals surface area (Å²) >= 11 is 0. The Morgan fingerprint density at radius 3 is 2.89 bits per heavy atom. The minimum atomic E-state index is -0.194. The molecule has 1 aromatic rings. The van der Waals surface area contributed by atoms with Gasteiger partial charge in [-0.25, -0.2) is 5.10 Å². The van der Waals surface area contributed by atoms with Crippen molar-refractivity contribution in [2.45, 2.75) is 0 Å². The summed E-state index contributed by atoms with van der Waals surface area (Å²) in [5, 5.41) is 5.92. The van der Waals surface area contributed by atoms with Gasteiger partial charge in [0.2, 0.25) is 0 Å². The lowest BCUT2D eigenvalue weighted by Gasteiger charge is -1.84. The van der Waals surface area contributed by atoms with E-state index in [1.54, 1.807) is 12.1 Å². The highest BCUT2D eigenvalue weighted by Crippen LogP contribution is 1.86. The van der Waals surface area contributed by atoms with Gasteiger partial charge in [0, 0.05) is 6.07 Å². The fourth-order valence-electron chi connectivity index (χ4n) is 0.469. The van der Waals surface area contributed by atoms with Crippen LogP contribution in [-0.2, 0) is 0 Å². The van der Waals surface area contributed by atoms with Crippen LogP contribution in [0, 0.1) is 0 Å². The quantitative estimate of drug-likeness (QED) is 0.586. The van der Waals surface area contributed by atoms with Crippen molar-refractivity contribution in [1.29, 1.82) is 0 Å². The highest BCUT2D eigenvalue weighted by molar-refractivity contribution is 5.39. The summed E-state index contributed by atoms with van der Waals surface area (Å²) in [7, 11) is 0. The second-order valence-corrected chi connectivity index (χ2v) is 1.55. The van der Waals surface area contributed by atoms with Crippen molar-refractivity contribution in [2.24, 2.45) is 0 Å². The van der Waals surface area contributed by atoms with Crippen LogP contribution in [0.15, 0.2) is 23.5 Å². The first-order chi connectivity index (χ1) is 4.33. The maximum Gasteiger partial charge on any atom is 0.264 e. The van der Waals surface area contributed by atoms with Crippen LogP contribution in [0.2, 0.25) is 0 Å². The van der Waals surface area contributed by atoms with E-state index >= 15 is 0 Å². The molecule has 0 bridgehead atoms. The van der Waals surface area contributed by atoms with E-state index in [1.165, 1.54) is 6.07 Å². The minimum Gasteiger partial charge on any atom is -0.268 e. The Bertz CT molecular complexity index is 244. The molecular formula is C6H6N2O. The van der Waals surface area contributed by atoms with Gasteiger partial charge in [0.1, 0.15) is 0 Å². The van der Waals surface area contributed by atoms with Gasteiger partial charge < -0.3 is 0 Å². The predicted molar refractivity (Wildman–Crippen MR) is 34.9 cm³/mol. The van der Waals surface area contributed by atoms with E-state index in [9.17, 15) is 4.79 Å². The van der Waals surface area contributed by atoms with Crippen LogP contribution in [0.1, 0.15) is 5.69 Å². The van der Waals surface area contributed by atoms with Crippen molar-refractivity contribution in [3.63, 3.8) is 0 Å². The summed E-state index contributed by atoms with van der Waals surface area (Å²) in [6.07, 6.45) is 1.57. The van der Waals surface area contributed by atoms with Crippen molar-refractivity contribution in [1.82, 2.24) is 10.2 Å². The molecule has 1 N–H and O–H groups in total. The smallest absolute Gasteiger partial charge is 0.264 e. The molecule has 9 heavy (non-hydrogen) atoms. The van der Waals surface area contributed by atoms with Crippen LogP contribution in [0.4, 0.5) is 0 Å². The number of hydrogen-bond donors (Lipinski definition) is 1. The Morgan fingerprint density at radius 2 is 2.44 bits per heavy atom. The molecule has 0 atom stereocenters. The molecule has 0 unspecified atom stereocenters. The molecule has 0 aliphatic heterocycles. The van der Waals surface area contributed by atoms with Crippen LogP contribution >= 0.6 is 0 Å². The van der Waals surface area contributed by atoms with Crippen LogP contribution in [0.3, 0.4) is 0 Å². The minimum absolute atomic E-state index is 0.194. The third-order valence-corrected chi connectivity index (χ3v) is 0.910. The largest absolute Gasteiger partial charge is 0.268 e. The number of nitrogens with zero attached hydrogens (tertiary/aromatic N) is 1. The van der Waals surface area contributed by atoms with Crippen LogP contribution in [-0.4, -0.2) is 10.2 Å². The van der Waals surface area contributed by atoms with E-state index in [2.05, 4.69) is 16.8 Å². The van der Waals surface area contributed by atoms with Crippen LogP contribution in [0.5, 0.6) is 0 Å². The highest BCUT2D eigenvalue weighted by Gasteiger charge is 1.83. The molecule has 0 fully saturated rings. The van der Waals surface area contributed by atoms with Crippen LogP contribution < -0.4 is 5.56 Å². The van der Waals surface area contributed by atoms with Gasteiger partial charge in [-0.1, -0.05) is 6.58 Å². The van der Waals surface area contributed by atoms with Gasteiger partial charge in [-0.05, 0) is 12.1 Å². The van der Waals surface area contributed by atoms with Gasteiger partial charge in [0.25, 0.3) is 5.56 Å². The zero-order valence-corrected chi connectivity index (χ0v) is 4.79. The van der Waals surface area contributed by atoms with E-state index < -0.39 is 0 Å². The summed E-state index contributed by atoms with van der Waals surface area (Å²) in [6.45, 7) is 3.48. The van der Waals surface area contributed by atoms with Crippen molar-refractivity contribution in [2.75, 3.05) is 0 Å². The maximum atomic E-state index is 10.4. The summed E-state index contributed by atoms with van der Waals surface area (Å²) in [5.41, 5.74) is 0.482. The van der Waals surface area contributed by atoms with Crippen molar-refractivity contribution in [3.05, 3.63) is 34.8 Å². The molecule has 0 aromatic carbocycles. The molecule has 3 nitrogen and oxygen atoms in total. The van der Waals surface area contributed by atoms with Gasteiger partial charge in [0.05, 0.1) is 5.69 Å². The average Bonchev–Trinajstić information content (AvgIpc) is 1.90. The fourth-order valence-corrected chi connectivity index (χ4v) is 0.469. The van der Waals surface area contributed by atoms with Crippen molar-refractivity contribution < 1.29 is 0 Å². The summed E-state index contributed by atoms with van der Waals surface area (Å²) in [5.74, 6) is 0. The molecular weight excluding hydrogens is 116 g/mol. The maximum absolute atomic E-state index is 10.4. The van der Waals surface area contributed by atoms with Crippen molar-refractivity contribution >= 4 is 6.08 Å². The topological polar surface area (TPSA) is 45.8 Å². The van der Waals surface area contributed by atoms with Crippen LogP contribution in [0.25, 0.3) is 6.08 Å². The molecule has 1 rings (SSSR count). The highest BCUT2D eigenvalue weighted by atomic mass is 16.1. The molecule has 46 valence electrons. The Hall–Kier alpha value is -1.38. The van der Waals surface area contributed by atoms with Crippen molar-refractivity contribution in [3.8, 4) is 0 Å². The zero-order chi connectivity index (χ0) is 6.69. The third-order valence-electron chi connectivity index (χ3n) is 0.910. The summed E-state index contributed by atoms with van der Waals surface area (Å²) in [4.78, 5) is 10.4. The fraction of sp³-hybridized carbons (Fsp3) is 0. The first-order valence-corrected chi connectivity index (χ1v) is 2.51. The molecule has 0 amide bonds. The lowest BCUT2D eigenvalue weighted by atomic mass is 10.4. The molecule has 0 radical (unpaired) electrons. The number of aromatic amines is 1. The second kappa shape index (κ2) is 2.26. The van der Waals surface area contributed by atoms with Gasteiger partial charge in [-0.3, -0.25) is 4.79 Å². The lowest BCUT2D eigenvalue weighted by molar-refractivity contribution is 0.977. The SMILES string of the molecule is C=Cc1ccc(=O)[nH]n1. The normalized spacial score (nSPS) is 8.89. The van der Waals surface area contributed by atoms with E-state index in [1.807, 2.05) is 0 Å². The molecule has 0 aliphatic carbocycles. The molecule has 0 saturated heterocycles. The number of aromatic nitrogens is 2. The average molecular weight is 122 g/mol. The number of hydrogen-bond acceptors (Lipinski definition) is 2. The van der Waals surface area contributed by atoms with Gasteiger partial charge in [-0.2, -0.15) is 5.10 Å². The van der Waals surface area contributed by atoms with Gasteiger partial charge in [0.15, 0.2) is 0 Å². The Morgan fingerprint density at radius 1 is 1.67 bits per heavy atom. The number of H-pyrrole nitrogens is 1. The van der Waals surface area contributed by atoms with E-state index in [0.29, 0.717) is 5.69 Å². The molecule has 1 heterocycles. The Kier molecular flexibility index (Phi) is 1.44. The monoisotopic (exact) mass is 122 g/mol. The predicted octanol–water partition coefficient (Wildman–Crippen LogP) is 0.413. The molecule has 3 heteroatoms. The molecule has 1 aromatic heterocycles. The lowest BCUT2D eigenvalue weighted by Crippen LogP contribution is -2.05. The number of nitrogens with one attached hydrogen (secondary N) is 1. The van der Waals surface area contributed by atoms with Gasteiger partial charge >= 0.3 is 0 Å². The second-order valence-electron chi connectivity index (χ2n) is 1.55. The molecule has 0 spiro atoms. The third kappa shape index (κ3) is 1.25. The Balaban J connectivity index is 3.16. The number of rotatable bonds is 1. The van der Waals surface area contributed by atoms with Gasteiger partial charge in [-0.15, -0.1) is 0 Å². The van der Waals surface area contributed by atoms with E-state index in [-0.39, 0.29) is 5.56 Å². The molecule has 0 aliphatic rings. The first-order valence-electron chi connectivity index (χ1n) is 2.51. The zero-order valence-electron chi connectivity index (χ0n) is 4.79. The summed E-state index contributed by atoms with van der Waals surface area (Å²) in [6, 6.07) is 3.01. The van der Waals surface area contributed by atoms with E-state index in [4.69, 9.17) is 0 Å². The molecule has 0 saturated carbocycles. The van der Waals surface area contributed by atoms with E-state index in [0.717, 1.165) is 0 Å². The standard InChI is InChI=1S/C6H6N2O/c1-2-5-3-4-6(9)8-7-5/h2-4H,1H2,(H,8,9). The Labute approximate surface area is 52.0 Å². The summed E-state index contributed by atoms with van der Waals surface area (Å²) < 4.78 is 0.